The maximum atomic E-state index is 2.56. The predicted molar refractivity (Wildman–Crippen MR) is 228 cm³/mol. The number of rotatable bonds is 3. The van der Waals surface area contributed by atoms with Gasteiger partial charge in [0.1, 0.15) is 5.65 Å². The van der Waals surface area contributed by atoms with Crippen LogP contribution in [0.2, 0.25) is 0 Å². The van der Waals surface area contributed by atoms with Crippen LogP contribution < -0.4 is 0 Å². The largest absolute Gasteiger partial charge is 0.295 e. The van der Waals surface area contributed by atoms with Crippen molar-refractivity contribution >= 4 is 55.4 Å². The molecule has 0 bridgehead atoms. The molecule has 0 amide bonds. The number of benzene rings is 8. The number of aromatic nitrogens is 2. The van der Waals surface area contributed by atoms with Crippen molar-refractivity contribution in [2.75, 3.05) is 0 Å². The van der Waals surface area contributed by atoms with Gasteiger partial charge in [0.2, 0.25) is 0 Å². The molecule has 254 valence electrons. The maximum Gasteiger partial charge on any atom is 0.131 e. The Labute approximate surface area is 317 Å². The third-order valence-corrected chi connectivity index (χ3v) is 13.2. The first-order valence-electron chi connectivity index (χ1n) is 18.8. The van der Waals surface area contributed by atoms with Crippen LogP contribution in [0.25, 0.3) is 88.4 Å². The van der Waals surface area contributed by atoms with Crippen molar-refractivity contribution in [2.24, 2.45) is 0 Å². The Morgan fingerprint density at radius 2 is 1.20 bits per heavy atom. The van der Waals surface area contributed by atoms with Crippen LogP contribution in [0, 0.1) is 0 Å². The van der Waals surface area contributed by atoms with Crippen LogP contribution in [0.1, 0.15) is 25.0 Å². The molecule has 3 heteroatoms. The van der Waals surface area contributed by atoms with Gasteiger partial charge in [0.05, 0.1) is 16.7 Å². The summed E-state index contributed by atoms with van der Waals surface area (Å²) in [7, 11) is 0. The molecule has 54 heavy (non-hydrogen) atoms. The molecule has 0 saturated heterocycles. The zero-order valence-corrected chi connectivity index (χ0v) is 30.8. The molecule has 1 aliphatic carbocycles. The molecule has 12 rings (SSSR count). The Bertz CT molecular complexity index is 3210. The molecular weight excluding hydrogens is 673 g/mol. The van der Waals surface area contributed by atoms with Crippen molar-refractivity contribution < 1.29 is 0 Å². The fraction of sp³-hybridized carbons (Fsp3) is 0.0588. The Morgan fingerprint density at radius 3 is 2.11 bits per heavy atom. The van der Waals surface area contributed by atoms with Crippen molar-refractivity contribution in [3.05, 3.63) is 181 Å². The number of nitrogens with zero attached hydrogens (tertiary/aromatic N) is 2. The molecule has 0 N–H and O–H groups in total. The molecule has 0 fully saturated rings. The van der Waals surface area contributed by atoms with Crippen molar-refractivity contribution in [3.63, 3.8) is 0 Å². The number of para-hydroxylation sites is 1. The highest BCUT2D eigenvalue weighted by atomic mass is 32.2. The average molecular weight is 707 g/mol. The molecule has 2 aliphatic rings. The van der Waals surface area contributed by atoms with Gasteiger partial charge in [-0.25, -0.2) is 0 Å². The summed E-state index contributed by atoms with van der Waals surface area (Å²) in [5, 5.41) is 6.36. The minimum absolute atomic E-state index is 0.00505. The van der Waals surface area contributed by atoms with E-state index in [2.05, 4.69) is 193 Å². The summed E-state index contributed by atoms with van der Waals surface area (Å²) in [5.74, 6) is 0. The van der Waals surface area contributed by atoms with E-state index < -0.39 is 0 Å². The Kier molecular flexibility index (Phi) is 6.08. The van der Waals surface area contributed by atoms with Crippen LogP contribution in [0.5, 0.6) is 0 Å². The van der Waals surface area contributed by atoms with Gasteiger partial charge in [0.15, 0.2) is 0 Å². The quantitative estimate of drug-likeness (QED) is 0.178. The summed E-state index contributed by atoms with van der Waals surface area (Å²) in [4.78, 5) is 2.55. The second-order valence-electron chi connectivity index (χ2n) is 15.3. The number of fused-ring (bicyclic) bond motifs is 11. The van der Waals surface area contributed by atoms with E-state index in [9.17, 15) is 0 Å². The number of hydrogen-bond acceptors (Lipinski definition) is 1. The molecule has 0 radical (unpaired) electrons. The van der Waals surface area contributed by atoms with Crippen molar-refractivity contribution in [1.82, 2.24) is 9.13 Å². The average Bonchev–Trinajstić information content (AvgIpc) is 3.82. The molecule has 0 atom stereocenters. The van der Waals surface area contributed by atoms with E-state index in [1.54, 1.807) is 0 Å². The second kappa shape index (κ2) is 10.9. The molecule has 3 heterocycles. The van der Waals surface area contributed by atoms with Crippen molar-refractivity contribution in [3.8, 4) is 44.8 Å². The van der Waals surface area contributed by atoms with Crippen LogP contribution in [0.3, 0.4) is 0 Å². The molecular formula is C51H34N2S. The van der Waals surface area contributed by atoms with Gasteiger partial charge in [-0.2, -0.15) is 0 Å². The third kappa shape index (κ3) is 4.02. The highest BCUT2D eigenvalue weighted by Gasteiger charge is 2.35. The van der Waals surface area contributed by atoms with Crippen molar-refractivity contribution in [2.45, 2.75) is 29.1 Å². The zero-order valence-electron chi connectivity index (χ0n) is 30.0. The van der Waals surface area contributed by atoms with Gasteiger partial charge in [0, 0.05) is 37.1 Å². The van der Waals surface area contributed by atoms with Gasteiger partial charge >= 0.3 is 0 Å². The summed E-state index contributed by atoms with van der Waals surface area (Å²) in [6.07, 6.45) is 0. The first kappa shape index (κ1) is 30.2. The summed E-state index contributed by atoms with van der Waals surface area (Å²) in [5.41, 5.74) is 16.6. The molecule has 2 aromatic heterocycles. The van der Waals surface area contributed by atoms with Gasteiger partial charge in [-0.1, -0.05) is 153 Å². The van der Waals surface area contributed by atoms with E-state index in [4.69, 9.17) is 0 Å². The summed E-state index contributed by atoms with van der Waals surface area (Å²) in [6, 6.07) is 63.2. The molecule has 8 aromatic carbocycles. The van der Waals surface area contributed by atoms with Crippen LogP contribution in [-0.2, 0) is 5.41 Å². The van der Waals surface area contributed by atoms with Crippen LogP contribution in [0.4, 0.5) is 0 Å². The van der Waals surface area contributed by atoms with Gasteiger partial charge in [0.25, 0.3) is 0 Å². The SMILES string of the molecule is CC1(C)c2ccccc2-c2cc(-c3ccc4c(c3)Sc3cccc5c6c7c(-c8ccccc8)cccc7n(-c7ccc8ccccc8c7)c6n-4c35)ccc21. The molecule has 1 aliphatic heterocycles. The second-order valence-corrected chi connectivity index (χ2v) is 16.4. The lowest BCUT2D eigenvalue weighted by molar-refractivity contribution is 0.660. The minimum atomic E-state index is -0.00505. The van der Waals surface area contributed by atoms with E-state index in [1.165, 1.54) is 104 Å². The van der Waals surface area contributed by atoms with Crippen LogP contribution in [-0.4, -0.2) is 9.13 Å². The van der Waals surface area contributed by atoms with Crippen LogP contribution >= 0.6 is 11.8 Å². The standard InChI is InChI=1S/C51H34N2S/c1-51(2)41-19-9-8-16-38(41)40-29-34(23-26-42(40)51)35-24-27-43-46(30-35)54-45-21-11-18-39-48-47-37(32-13-4-3-5-14-32)17-10-20-44(47)52(50(48)53(43)49(39)45)36-25-22-31-12-6-7-15-33(31)28-36/h3-30H,1-2H3. The minimum Gasteiger partial charge on any atom is -0.295 e. The lowest BCUT2D eigenvalue weighted by Crippen LogP contribution is -2.14. The highest BCUT2D eigenvalue weighted by Crippen LogP contribution is 2.53. The van der Waals surface area contributed by atoms with E-state index >= 15 is 0 Å². The lowest BCUT2D eigenvalue weighted by Gasteiger charge is -2.23. The normalized spacial score (nSPS) is 13.8. The Hall–Kier alpha value is -6.29. The monoisotopic (exact) mass is 706 g/mol. The lowest BCUT2D eigenvalue weighted by atomic mass is 9.82. The first-order chi connectivity index (χ1) is 26.5. The van der Waals surface area contributed by atoms with Gasteiger partial charge in [-0.3, -0.25) is 9.13 Å². The Morgan fingerprint density at radius 1 is 0.463 bits per heavy atom. The van der Waals surface area contributed by atoms with Gasteiger partial charge < -0.3 is 0 Å². The van der Waals surface area contributed by atoms with E-state index in [-0.39, 0.29) is 5.41 Å². The highest BCUT2D eigenvalue weighted by molar-refractivity contribution is 7.99. The van der Waals surface area contributed by atoms with E-state index in [0.717, 1.165) is 5.69 Å². The van der Waals surface area contributed by atoms with E-state index in [0.29, 0.717) is 0 Å². The van der Waals surface area contributed by atoms with Gasteiger partial charge in [-0.05, 0) is 97.7 Å². The molecule has 0 saturated carbocycles. The fourth-order valence-corrected chi connectivity index (χ4v) is 10.7. The van der Waals surface area contributed by atoms with E-state index in [1.807, 2.05) is 11.8 Å². The summed E-state index contributed by atoms with van der Waals surface area (Å²) < 4.78 is 5.07. The molecule has 0 spiro atoms. The summed E-state index contributed by atoms with van der Waals surface area (Å²) in [6.45, 7) is 4.70. The predicted octanol–water partition coefficient (Wildman–Crippen LogP) is 14.0. The molecule has 10 aromatic rings. The topological polar surface area (TPSA) is 9.86 Å². The van der Waals surface area contributed by atoms with Crippen LogP contribution in [0.15, 0.2) is 180 Å². The summed E-state index contributed by atoms with van der Waals surface area (Å²) >= 11 is 1.90. The first-order valence-corrected chi connectivity index (χ1v) is 19.6. The third-order valence-electron chi connectivity index (χ3n) is 12.1. The molecule has 2 nitrogen and oxygen atoms in total. The maximum absolute atomic E-state index is 2.56. The molecule has 0 unspecified atom stereocenters. The number of hydrogen-bond donors (Lipinski definition) is 0. The van der Waals surface area contributed by atoms with Crippen molar-refractivity contribution in [1.29, 1.82) is 0 Å². The zero-order chi connectivity index (χ0) is 35.7. The Balaban J connectivity index is 1.14. The smallest absolute Gasteiger partial charge is 0.131 e. The fourth-order valence-electron chi connectivity index (χ4n) is 9.59. The van der Waals surface area contributed by atoms with Gasteiger partial charge in [-0.15, -0.1) is 0 Å².